The molecule has 3 heteroatoms. The second kappa shape index (κ2) is 3.69. The average molecular weight is 203 g/mol. The fourth-order valence-corrected chi connectivity index (χ4v) is 1.59. The van der Waals surface area contributed by atoms with E-state index >= 15 is 0 Å². The third kappa shape index (κ3) is 1.68. The molecule has 15 heavy (non-hydrogen) atoms. The van der Waals surface area contributed by atoms with Gasteiger partial charge in [0.15, 0.2) is 0 Å². The SMILES string of the molecule is C=CCn1c(=O)ccc2cc(F)ccc21. The standard InChI is InChI=1S/C12H10FNO/c1-2-7-14-11-5-4-10(13)8-9(11)3-6-12(14)15/h2-6,8H,1,7H2. The van der Waals surface area contributed by atoms with Crippen molar-refractivity contribution in [1.29, 1.82) is 0 Å². The first-order valence-corrected chi connectivity index (χ1v) is 4.62. The molecule has 0 radical (unpaired) electrons. The Morgan fingerprint density at radius 2 is 2.13 bits per heavy atom. The van der Waals surface area contributed by atoms with Crippen LogP contribution in [0.3, 0.4) is 0 Å². The molecule has 0 fully saturated rings. The molecule has 76 valence electrons. The number of pyridine rings is 1. The predicted octanol–water partition coefficient (Wildman–Crippen LogP) is 2.33. The highest BCUT2D eigenvalue weighted by atomic mass is 19.1. The van der Waals surface area contributed by atoms with Crippen molar-refractivity contribution < 1.29 is 4.39 Å². The Morgan fingerprint density at radius 1 is 1.33 bits per heavy atom. The molecule has 2 aromatic rings. The smallest absolute Gasteiger partial charge is 0.251 e. The molecule has 0 amide bonds. The molecular formula is C12H10FNO. The molecular weight excluding hydrogens is 193 g/mol. The summed E-state index contributed by atoms with van der Waals surface area (Å²) in [6.07, 6.45) is 1.64. The topological polar surface area (TPSA) is 22.0 Å². The molecule has 0 unspecified atom stereocenters. The molecule has 1 aromatic carbocycles. The van der Waals surface area contributed by atoms with Crippen LogP contribution in [0.25, 0.3) is 10.9 Å². The Morgan fingerprint density at radius 3 is 2.87 bits per heavy atom. The zero-order chi connectivity index (χ0) is 10.8. The predicted molar refractivity (Wildman–Crippen MR) is 58.4 cm³/mol. The number of halogens is 1. The normalized spacial score (nSPS) is 10.5. The van der Waals surface area contributed by atoms with E-state index in [2.05, 4.69) is 6.58 Å². The highest BCUT2D eigenvalue weighted by Crippen LogP contribution is 2.13. The Kier molecular flexibility index (Phi) is 2.37. The minimum atomic E-state index is -0.300. The van der Waals surface area contributed by atoms with E-state index < -0.39 is 0 Å². The lowest BCUT2D eigenvalue weighted by Gasteiger charge is -2.06. The van der Waals surface area contributed by atoms with Gasteiger partial charge in [0.25, 0.3) is 5.56 Å². The van der Waals surface area contributed by atoms with Crippen LogP contribution in [0.2, 0.25) is 0 Å². The minimum Gasteiger partial charge on any atom is -0.304 e. The van der Waals surface area contributed by atoms with Crippen molar-refractivity contribution in [1.82, 2.24) is 4.57 Å². The number of allylic oxidation sites excluding steroid dienone is 1. The largest absolute Gasteiger partial charge is 0.304 e. The van der Waals surface area contributed by atoms with Gasteiger partial charge in [-0.15, -0.1) is 6.58 Å². The highest BCUT2D eigenvalue weighted by molar-refractivity contribution is 5.78. The first-order valence-electron chi connectivity index (χ1n) is 4.62. The molecule has 0 atom stereocenters. The maximum atomic E-state index is 12.9. The third-order valence-electron chi connectivity index (χ3n) is 2.26. The Labute approximate surface area is 86.3 Å². The molecule has 0 aliphatic carbocycles. The molecule has 0 saturated carbocycles. The quantitative estimate of drug-likeness (QED) is 0.686. The summed E-state index contributed by atoms with van der Waals surface area (Å²) in [5.41, 5.74) is 0.623. The zero-order valence-corrected chi connectivity index (χ0v) is 8.11. The van der Waals surface area contributed by atoms with Crippen molar-refractivity contribution in [2.45, 2.75) is 6.54 Å². The fraction of sp³-hybridized carbons (Fsp3) is 0.0833. The monoisotopic (exact) mass is 203 g/mol. The Bertz CT molecular complexity index is 571. The summed E-state index contributed by atoms with van der Waals surface area (Å²) >= 11 is 0. The average Bonchev–Trinajstić information content (AvgIpc) is 2.22. The number of nitrogens with zero attached hydrogens (tertiary/aromatic N) is 1. The lowest BCUT2D eigenvalue weighted by Crippen LogP contribution is -2.18. The second-order valence-corrected chi connectivity index (χ2v) is 3.27. The Balaban J connectivity index is 2.81. The van der Waals surface area contributed by atoms with Crippen molar-refractivity contribution >= 4 is 10.9 Å². The number of fused-ring (bicyclic) bond motifs is 1. The summed E-state index contributed by atoms with van der Waals surface area (Å²) in [7, 11) is 0. The molecule has 1 aromatic heterocycles. The molecule has 2 nitrogen and oxygen atoms in total. The molecule has 0 spiro atoms. The van der Waals surface area contributed by atoms with Crippen molar-refractivity contribution in [2.75, 3.05) is 0 Å². The first kappa shape index (κ1) is 9.65. The molecule has 2 rings (SSSR count). The van der Waals surface area contributed by atoms with Gasteiger partial charge in [0.2, 0.25) is 0 Å². The molecule has 0 N–H and O–H groups in total. The van der Waals surface area contributed by atoms with E-state index in [4.69, 9.17) is 0 Å². The van der Waals surface area contributed by atoms with Crippen LogP contribution in [0.5, 0.6) is 0 Å². The van der Waals surface area contributed by atoms with E-state index in [9.17, 15) is 9.18 Å². The Hall–Kier alpha value is -1.90. The number of hydrogen-bond donors (Lipinski definition) is 0. The van der Waals surface area contributed by atoms with E-state index in [-0.39, 0.29) is 11.4 Å². The maximum absolute atomic E-state index is 12.9. The lowest BCUT2D eigenvalue weighted by molar-refractivity contribution is 0.629. The van der Waals surface area contributed by atoms with E-state index in [0.29, 0.717) is 6.54 Å². The number of rotatable bonds is 2. The summed E-state index contributed by atoms with van der Waals surface area (Å²) in [6, 6.07) is 7.43. The van der Waals surface area contributed by atoms with Crippen molar-refractivity contribution in [2.24, 2.45) is 0 Å². The highest BCUT2D eigenvalue weighted by Gasteiger charge is 2.01. The van der Waals surface area contributed by atoms with Crippen molar-refractivity contribution in [3.63, 3.8) is 0 Å². The van der Waals surface area contributed by atoms with Crippen LogP contribution in [-0.4, -0.2) is 4.57 Å². The summed E-state index contributed by atoms with van der Waals surface area (Å²) in [6.45, 7) is 4.02. The minimum absolute atomic E-state index is 0.103. The fourth-order valence-electron chi connectivity index (χ4n) is 1.59. The van der Waals surface area contributed by atoms with Gasteiger partial charge in [-0.3, -0.25) is 4.79 Å². The third-order valence-corrected chi connectivity index (χ3v) is 2.26. The first-order chi connectivity index (χ1) is 7.22. The molecule has 0 saturated heterocycles. The summed E-state index contributed by atoms with van der Waals surface area (Å²) in [5, 5.41) is 0.719. The van der Waals surface area contributed by atoms with Crippen LogP contribution in [0.4, 0.5) is 4.39 Å². The van der Waals surface area contributed by atoms with Crippen LogP contribution >= 0.6 is 0 Å². The maximum Gasteiger partial charge on any atom is 0.251 e. The van der Waals surface area contributed by atoms with Crippen LogP contribution in [0.15, 0.2) is 47.8 Å². The van der Waals surface area contributed by atoms with Gasteiger partial charge in [0, 0.05) is 18.0 Å². The summed E-state index contributed by atoms with van der Waals surface area (Å²) < 4.78 is 14.5. The molecule has 0 aliphatic heterocycles. The van der Waals surface area contributed by atoms with E-state index in [1.165, 1.54) is 18.2 Å². The molecule has 0 aliphatic rings. The van der Waals surface area contributed by atoms with Crippen molar-refractivity contribution in [3.8, 4) is 0 Å². The van der Waals surface area contributed by atoms with Crippen LogP contribution < -0.4 is 5.56 Å². The van der Waals surface area contributed by atoms with Crippen LogP contribution in [-0.2, 0) is 6.54 Å². The van der Waals surface area contributed by atoms with E-state index in [1.807, 2.05) is 0 Å². The van der Waals surface area contributed by atoms with Crippen LogP contribution in [0.1, 0.15) is 0 Å². The molecule has 0 bridgehead atoms. The lowest BCUT2D eigenvalue weighted by atomic mass is 10.2. The van der Waals surface area contributed by atoms with Gasteiger partial charge >= 0.3 is 0 Å². The van der Waals surface area contributed by atoms with Crippen molar-refractivity contribution in [3.05, 3.63) is 59.2 Å². The van der Waals surface area contributed by atoms with Crippen LogP contribution in [0, 0.1) is 5.82 Å². The second-order valence-electron chi connectivity index (χ2n) is 3.27. The van der Waals surface area contributed by atoms with Gasteiger partial charge in [-0.1, -0.05) is 6.08 Å². The van der Waals surface area contributed by atoms with Gasteiger partial charge in [0.05, 0.1) is 5.52 Å². The van der Waals surface area contributed by atoms with Gasteiger partial charge in [-0.2, -0.15) is 0 Å². The van der Waals surface area contributed by atoms with Gasteiger partial charge in [-0.25, -0.2) is 4.39 Å². The van der Waals surface area contributed by atoms with E-state index in [1.54, 1.807) is 22.8 Å². The van der Waals surface area contributed by atoms with Gasteiger partial charge < -0.3 is 4.57 Å². The number of aromatic nitrogens is 1. The number of hydrogen-bond acceptors (Lipinski definition) is 1. The summed E-state index contributed by atoms with van der Waals surface area (Å²) in [5.74, 6) is -0.300. The summed E-state index contributed by atoms with van der Waals surface area (Å²) in [4.78, 5) is 11.5. The van der Waals surface area contributed by atoms with Gasteiger partial charge in [0.1, 0.15) is 5.82 Å². The van der Waals surface area contributed by atoms with Gasteiger partial charge in [-0.05, 0) is 24.3 Å². The number of benzene rings is 1. The van der Waals surface area contributed by atoms with E-state index in [0.717, 1.165) is 10.9 Å². The molecule has 1 heterocycles. The zero-order valence-electron chi connectivity index (χ0n) is 8.11.